The Morgan fingerprint density at radius 1 is 1.69 bits per heavy atom. The first-order chi connectivity index (χ1) is 6.36. The molecule has 1 unspecified atom stereocenters. The molecular formula is C8H10N2OS2. The van der Waals surface area contributed by atoms with Gasteiger partial charge in [0.15, 0.2) is 5.78 Å². The van der Waals surface area contributed by atoms with E-state index in [4.69, 9.17) is 0 Å². The fourth-order valence-electron chi connectivity index (χ4n) is 1.38. The average Bonchev–Trinajstić information content (AvgIpc) is 2.74. The lowest BCUT2D eigenvalue weighted by Crippen LogP contribution is -2.16. The number of aromatic nitrogens is 2. The van der Waals surface area contributed by atoms with Crippen molar-refractivity contribution in [2.75, 3.05) is 5.75 Å². The summed E-state index contributed by atoms with van der Waals surface area (Å²) in [6.45, 7) is 0. The predicted octanol–water partition coefficient (Wildman–Crippen LogP) is 1.55. The molecule has 0 amide bonds. The Kier molecular flexibility index (Phi) is 2.95. The van der Waals surface area contributed by atoms with Gasteiger partial charge in [-0.1, -0.05) is 4.49 Å². The number of Topliss-reactive ketones (excluding diaryl/α,β-unsaturated/α-hetero) is 1. The van der Waals surface area contributed by atoms with Gasteiger partial charge in [0.2, 0.25) is 0 Å². The standard InChI is InChI=1S/C8H10N2OS2/c11-7(8-2-1-3-12-8)4-6-5-13-10-9-6/h5,8H,1-4H2. The normalized spacial score (nSPS) is 22.0. The van der Waals surface area contributed by atoms with Gasteiger partial charge in [-0.3, -0.25) is 4.79 Å². The largest absolute Gasteiger partial charge is 0.298 e. The van der Waals surface area contributed by atoms with Gasteiger partial charge in [0, 0.05) is 5.38 Å². The molecule has 2 rings (SSSR count). The molecule has 0 aromatic carbocycles. The summed E-state index contributed by atoms with van der Waals surface area (Å²) < 4.78 is 3.73. The summed E-state index contributed by atoms with van der Waals surface area (Å²) in [7, 11) is 0. The average molecular weight is 214 g/mol. The molecule has 0 radical (unpaired) electrons. The maximum absolute atomic E-state index is 11.6. The summed E-state index contributed by atoms with van der Waals surface area (Å²) >= 11 is 3.08. The van der Waals surface area contributed by atoms with E-state index in [1.54, 1.807) is 11.8 Å². The maximum Gasteiger partial charge on any atom is 0.151 e. The van der Waals surface area contributed by atoms with Crippen LogP contribution < -0.4 is 0 Å². The highest BCUT2D eigenvalue weighted by Crippen LogP contribution is 2.27. The van der Waals surface area contributed by atoms with E-state index in [2.05, 4.69) is 9.59 Å². The van der Waals surface area contributed by atoms with E-state index in [-0.39, 0.29) is 5.25 Å². The summed E-state index contributed by atoms with van der Waals surface area (Å²) in [5, 5.41) is 5.93. The molecule has 13 heavy (non-hydrogen) atoms. The van der Waals surface area contributed by atoms with E-state index >= 15 is 0 Å². The lowest BCUT2D eigenvalue weighted by molar-refractivity contribution is -0.118. The van der Waals surface area contributed by atoms with Crippen molar-refractivity contribution >= 4 is 29.1 Å². The van der Waals surface area contributed by atoms with E-state index in [9.17, 15) is 4.79 Å². The molecule has 5 heteroatoms. The van der Waals surface area contributed by atoms with Crippen molar-refractivity contribution in [1.29, 1.82) is 0 Å². The Morgan fingerprint density at radius 3 is 3.23 bits per heavy atom. The highest BCUT2D eigenvalue weighted by Gasteiger charge is 2.23. The smallest absolute Gasteiger partial charge is 0.151 e. The van der Waals surface area contributed by atoms with Gasteiger partial charge in [-0.2, -0.15) is 11.8 Å². The van der Waals surface area contributed by atoms with Crippen LogP contribution in [0, 0.1) is 0 Å². The minimum Gasteiger partial charge on any atom is -0.298 e. The molecule has 0 aliphatic carbocycles. The zero-order chi connectivity index (χ0) is 9.10. The number of nitrogens with zero attached hydrogens (tertiary/aromatic N) is 2. The first-order valence-corrected chi connectivity index (χ1v) is 6.15. The molecule has 1 aliphatic heterocycles. The number of ketones is 1. The number of carbonyl (C=O) groups excluding carboxylic acids is 1. The number of hydrogen-bond acceptors (Lipinski definition) is 5. The summed E-state index contributed by atoms with van der Waals surface area (Å²) in [6, 6.07) is 0. The second-order valence-electron chi connectivity index (χ2n) is 3.04. The zero-order valence-electron chi connectivity index (χ0n) is 7.10. The monoisotopic (exact) mass is 214 g/mol. The summed E-state index contributed by atoms with van der Waals surface area (Å²) in [5.74, 6) is 1.45. The van der Waals surface area contributed by atoms with Crippen molar-refractivity contribution in [3.8, 4) is 0 Å². The highest BCUT2D eigenvalue weighted by atomic mass is 32.2. The molecule has 1 aliphatic rings. The third-order valence-electron chi connectivity index (χ3n) is 2.05. The molecule has 1 saturated heterocycles. The molecule has 1 atom stereocenters. The first-order valence-electron chi connectivity index (χ1n) is 4.26. The van der Waals surface area contributed by atoms with Gasteiger partial charge in [-0.15, -0.1) is 5.10 Å². The maximum atomic E-state index is 11.6. The number of rotatable bonds is 3. The van der Waals surface area contributed by atoms with Crippen molar-refractivity contribution in [3.63, 3.8) is 0 Å². The van der Waals surface area contributed by atoms with Crippen LogP contribution in [0.3, 0.4) is 0 Å². The van der Waals surface area contributed by atoms with Crippen LogP contribution in [0.25, 0.3) is 0 Å². The van der Waals surface area contributed by atoms with E-state index < -0.39 is 0 Å². The quantitative estimate of drug-likeness (QED) is 0.765. The van der Waals surface area contributed by atoms with Crippen LogP contribution in [0.2, 0.25) is 0 Å². The second kappa shape index (κ2) is 4.19. The second-order valence-corrected chi connectivity index (χ2v) is 4.96. The molecule has 0 N–H and O–H groups in total. The Labute approximate surface area is 85.1 Å². The zero-order valence-corrected chi connectivity index (χ0v) is 8.74. The van der Waals surface area contributed by atoms with Crippen LogP contribution in [-0.4, -0.2) is 26.4 Å². The van der Waals surface area contributed by atoms with Crippen molar-refractivity contribution in [2.24, 2.45) is 0 Å². The van der Waals surface area contributed by atoms with Gasteiger partial charge in [0.05, 0.1) is 17.4 Å². The van der Waals surface area contributed by atoms with Gasteiger partial charge in [0.1, 0.15) is 0 Å². The van der Waals surface area contributed by atoms with Gasteiger partial charge in [-0.25, -0.2) is 0 Å². The van der Waals surface area contributed by atoms with Crippen molar-refractivity contribution in [1.82, 2.24) is 9.59 Å². The molecule has 0 saturated carbocycles. The Morgan fingerprint density at radius 2 is 2.62 bits per heavy atom. The van der Waals surface area contributed by atoms with Gasteiger partial charge >= 0.3 is 0 Å². The van der Waals surface area contributed by atoms with Crippen LogP contribution in [-0.2, 0) is 11.2 Å². The Balaban J connectivity index is 1.91. The van der Waals surface area contributed by atoms with Crippen molar-refractivity contribution in [2.45, 2.75) is 24.5 Å². The molecule has 3 nitrogen and oxygen atoms in total. The van der Waals surface area contributed by atoms with Crippen LogP contribution in [0.1, 0.15) is 18.5 Å². The third-order valence-corrected chi connectivity index (χ3v) is 4.03. The molecule has 1 aromatic rings. The fraction of sp³-hybridized carbons (Fsp3) is 0.625. The van der Waals surface area contributed by atoms with Gasteiger partial charge in [-0.05, 0) is 30.1 Å². The SMILES string of the molecule is O=C(Cc1csnn1)C1CCCS1. The number of thioether (sulfide) groups is 1. The van der Waals surface area contributed by atoms with E-state index in [1.807, 2.05) is 5.38 Å². The molecule has 0 spiro atoms. The third kappa shape index (κ3) is 2.28. The number of carbonyl (C=O) groups is 1. The molecule has 2 heterocycles. The molecule has 0 bridgehead atoms. The van der Waals surface area contributed by atoms with E-state index in [0.29, 0.717) is 12.2 Å². The van der Waals surface area contributed by atoms with Crippen molar-refractivity contribution in [3.05, 3.63) is 11.1 Å². The van der Waals surface area contributed by atoms with Crippen LogP contribution >= 0.6 is 23.3 Å². The Hall–Kier alpha value is -0.420. The summed E-state index contributed by atoms with van der Waals surface area (Å²) in [5.41, 5.74) is 0.822. The highest BCUT2D eigenvalue weighted by molar-refractivity contribution is 8.00. The first kappa shape index (κ1) is 9.15. The van der Waals surface area contributed by atoms with Crippen molar-refractivity contribution < 1.29 is 4.79 Å². The van der Waals surface area contributed by atoms with Crippen LogP contribution in [0.4, 0.5) is 0 Å². The van der Waals surface area contributed by atoms with E-state index in [0.717, 1.165) is 17.9 Å². The lowest BCUT2D eigenvalue weighted by atomic mass is 10.1. The summed E-state index contributed by atoms with van der Waals surface area (Å²) in [4.78, 5) is 11.6. The Bertz CT molecular complexity index is 280. The van der Waals surface area contributed by atoms with Gasteiger partial charge in [0.25, 0.3) is 0 Å². The van der Waals surface area contributed by atoms with Crippen LogP contribution in [0.5, 0.6) is 0 Å². The minimum atomic E-state index is 0.224. The topological polar surface area (TPSA) is 42.9 Å². The number of hydrogen-bond donors (Lipinski definition) is 0. The predicted molar refractivity (Wildman–Crippen MR) is 54.1 cm³/mol. The minimum absolute atomic E-state index is 0.224. The fourth-order valence-corrected chi connectivity index (χ4v) is 3.06. The van der Waals surface area contributed by atoms with Gasteiger partial charge < -0.3 is 0 Å². The van der Waals surface area contributed by atoms with E-state index in [1.165, 1.54) is 18.0 Å². The molecule has 70 valence electrons. The van der Waals surface area contributed by atoms with Crippen LogP contribution in [0.15, 0.2) is 5.38 Å². The summed E-state index contributed by atoms with van der Waals surface area (Å²) in [6.07, 6.45) is 2.69. The lowest BCUT2D eigenvalue weighted by Gasteiger charge is -2.04. The molecular weight excluding hydrogens is 204 g/mol. The molecule has 1 aromatic heterocycles. The molecule has 1 fully saturated rings.